The second-order valence-corrected chi connectivity index (χ2v) is 7.06. The molecule has 0 fully saturated rings. The van der Waals surface area contributed by atoms with Gasteiger partial charge in [0.05, 0.1) is 0 Å². The highest BCUT2D eigenvalue weighted by molar-refractivity contribution is 6.41. The summed E-state index contributed by atoms with van der Waals surface area (Å²) in [6.45, 7) is 6.32. The number of carbonyl (C=O) groups excluding carboxylic acids is 2. The van der Waals surface area contributed by atoms with Crippen LogP contribution in [0.5, 0.6) is 0 Å². The van der Waals surface area contributed by atoms with Crippen LogP contribution in [-0.4, -0.2) is 36.1 Å². The molecule has 6 heteroatoms. The van der Waals surface area contributed by atoms with Crippen molar-refractivity contribution >= 4 is 29.1 Å². The number of anilines is 1. The van der Waals surface area contributed by atoms with Crippen molar-refractivity contribution in [3.63, 3.8) is 0 Å². The fraction of sp³-hybridized carbons (Fsp3) is 0.529. The molecular formula is C17H23ClN2O3. The van der Waals surface area contributed by atoms with E-state index in [2.05, 4.69) is 5.32 Å². The Labute approximate surface area is 141 Å². The molecule has 0 saturated carbocycles. The van der Waals surface area contributed by atoms with Crippen LogP contribution in [0.4, 0.5) is 5.69 Å². The van der Waals surface area contributed by atoms with Gasteiger partial charge in [-0.25, -0.2) is 0 Å². The normalized spacial score (nSPS) is 16.8. The Hall–Kier alpha value is -1.59. The van der Waals surface area contributed by atoms with E-state index in [4.69, 9.17) is 16.7 Å². The monoisotopic (exact) mass is 338 g/mol. The van der Waals surface area contributed by atoms with E-state index in [1.807, 2.05) is 26.8 Å². The first kappa shape index (κ1) is 17.8. The van der Waals surface area contributed by atoms with Crippen molar-refractivity contribution < 1.29 is 14.7 Å². The molecule has 2 rings (SSSR count). The predicted octanol–water partition coefficient (Wildman–Crippen LogP) is 2.24. The molecule has 1 aromatic carbocycles. The lowest BCUT2D eigenvalue weighted by molar-refractivity contribution is -0.138. The van der Waals surface area contributed by atoms with Crippen LogP contribution >= 0.6 is 11.6 Å². The van der Waals surface area contributed by atoms with Gasteiger partial charge in [0.15, 0.2) is 0 Å². The molecule has 0 spiro atoms. The molecule has 2 N–H and O–H groups in total. The smallest absolute Gasteiger partial charge is 0.316 e. The fourth-order valence-electron chi connectivity index (χ4n) is 3.03. The van der Waals surface area contributed by atoms with E-state index in [0.717, 1.165) is 5.56 Å². The van der Waals surface area contributed by atoms with Crippen molar-refractivity contribution in [1.29, 1.82) is 0 Å². The summed E-state index contributed by atoms with van der Waals surface area (Å²) in [4.78, 5) is 26.2. The zero-order valence-corrected chi connectivity index (χ0v) is 14.5. The first-order chi connectivity index (χ1) is 10.8. The van der Waals surface area contributed by atoms with Gasteiger partial charge in [0.2, 0.25) is 0 Å². The van der Waals surface area contributed by atoms with E-state index >= 15 is 0 Å². The molecule has 0 bridgehead atoms. The third-order valence-corrected chi connectivity index (χ3v) is 4.44. The number of nitrogens with one attached hydrogen (secondary N) is 1. The molecule has 0 aliphatic carbocycles. The first-order valence-corrected chi connectivity index (χ1v) is 8.18. The molecule has 1 atom stereocenters. The van der Waals surface area contributed by atoms with Crippen LogP contribution in [0.3, 0.4) is 0 Å². The second-order valence-electron chi connectivity index (χ2n) is 6.65. The summed E-state index contributed by atoms with van der Waals surface area (Å²) < 4.78 is 0. The third kappa shape index (κ3) is 3.67. The largest absolute Gasteiger partial charge is 0.396 e. The Morgan fingerprint density at radius 1 is 1.43 bits per heavy atom. The van der Waals surface area contributed by atoms with Gasteiger partial charge in [-0.15, -0.1) is 0 Å². The van der Waals surface area contributed by atoms with Gasteiger partial charge in [-0.1, -0.05) is 31.5 Å². The number of aliphatic hydroxyl groups is 1. The average molecular weight is 339 g/mol. The van der Waals surface area contributed by atoms with Crippen LogP contribution in [0.15, 0.2) is 18.2 Å². The molecule has 2 amide bonds. The summed E-state index contributed by atoms with van der Waals surface area (Å²) in [5.41, 5.74) is 1.30. The number of benzene rings is 1. The van der Waals surface area contributed by atoms with E-state index in [1.54, 1.807) is 12.1 Å². The summed E-state index contributed by atoms with van der Waals surface area (Å²) in [6.07, 6.45) is 1.22. The Balaban J connectivity index is 2.16. The third-order valence-electron chi connectivity index (χ3n) is 4.12. The van der Waals surface area contributed by atoms with Crippen LogP contribution in [0, 0.1) is 0 Å². The number of aliphatic hydroxyl groups excluding tert-OH is 1. The molecule has 0 saturated heterocycles. The molecule has 1 aromatic rings. The molecule has 1 heterocycles. The van der Waals surface area contributed by atoms with Crippen molar-refractivity contribution in [2.75, 3.05) is 18.1 Å². The average Bonchev–Trinajstić information content (AvgIpc) is 2.77. The van der Waals surface area contributed by atoms with E-state index < -0.39 is 11.8 Å². The number of nitrogens with zero attached hydrogens (tertiary/aromatic N) is 1. The van der Waals surface area contributed by atoms with E-state index in [1.165, 1.54) is 4.90 Å². The van der Waals surface area contributed by atoms with Crippen molar-refractivity contribution in [2.24, 2.45) is 0 Å². The van der Waals surface area contributed by atoms with Crippen molar-refractivity contribution in [3.8, 4) is 0 Å². The number of amides is 2. The highest BCUT2D eigenvalue weighted by atomic mass is 35.5. The van der Waals surface area contributed by atoms with Crippen molar-refractivity contribution in [3.05, 3.63) is 28.8 Å². The molecule has 1 aliphatic rings. The first-order valence-electron chi connectivity index (χ1n) is 7.80. The van der Waals surface area contributed by atoms with Gasteiger partial charge < -0.3 is 15.3 Å². The van der Waals surface area contributed by atoms with Crippen LogP contribution < -0.4 is 10.2 Å². The standard InChI is InChI=1S/C17H23ClN2O3/c1-11(6-5-9-21)19-15(22)16(23)20-10-17(2,3)14-12(18)7-4-8-13(14)20/h4,7-8,11,21H,5-6,9-10H2,1-3H3,(H,19,22). The Morgan fingerprint density at radius 2 is 2.13 bits per heavy atom. The van der Waals surface area contributed by atoms with Crippen LogP contribution in [-0.2, 0) is 15.0 Å². The minimum atomic E-state index is -0.626. The summed E-state index contributed by atoms with van der Waals surface area (Å²) >= 11 is 6.28. The Morgan fingerprint density at radius 3 is 2.78 bits per heavy atom. The van der Waals surface area contributed by atoms with Gasteiger partial charge in [-0.3, -0.25) is 9.59 Å². The highest BCUT2D eigenvalue weighted by Gasteiger charge is 2.41. The summed E-state index contributed by atoms with van der Waals surface area (Å²) in [5, 5.41) is 12.1. The van der Waals surface area contributed by atoms with Crippen LogP contribution in [0.25, 0.3) is 0 Å². The predicted molar refractivity (Wildman–Crippen MR) is 90.8 cm³/mol. The van der Waals surface area contributed by atoms with Gasteiger partial charge in [-0.05, 0) is 31.9 Å². The molecule has 23 heavy (non-hydrogen) atoms. The van der Waals surface area contributed by atoms with E-state index in [-0.39, 0.29) is 18.1 Å². The number of halogens is 1. The summed E-state index contributed by atoms with van der Waals surface area (Å²) in [6, 6.07) is 5.24. The molecular weight excluding hydrogens is 316 g/mol. The minimum Gasteiger partial charge on any atom is -0.396 e. The van der Waals surface area contributed by atoms with Gasteiger partial charge in [0.1, 0.15) is 0 Å². The minimum absolute atomic E-state index is 0.0698. The molecule has 1 unspecified atom stereocenters. The van der Waals surface area contributed by atoms with E-state index in [0.29, 0.717) is 30.1 Å². The molecule has 5 nitrogen and oxygen atoms in total. The van der Waals surface area contributed by atoms with Crippen molar-refractivity contribution in [2.45, 2.75) is 45.1 Å². The number of hydrogen-bond acceptors (Lipinski definition) is 3. The molecule has 0 aromatic heterocycles. The quantitative estimate of drug-likeness (QED) is 0.827. The maximum atomic E-state index is 12.5. The molecule has 0 radical (unpaired) electrons. The lowest BCUT2D eigenvalue weighted by Gasteiger charge is -2.21. The number of carbonyl (C=O) groups is 2. The van der Waals surface area contributed by atoms with Crippen LogP contribution in [0.1, 0.15) is 39.2 Å². The number of fused-ring (bicyclic) bond motifs is 1. The fourth-order valence-corrected chi connectivity index (χ4v) is 3.45. The second kappa shape index (κ2) is 6.89. The zero-order chi connectivity index (χ0) is 17.2. The molecule has 126 valence electrons. The lowest BCUT2D eigenvalue weighted by Crippen LogP contribution is -2.46. The van der Waals surface area contributed by atoms with Gasteiger partial charge in [0.25, 0.3) is 0 Å². The Bertz CT molecular complexity index is 616. The Kier molecular flexibility index (Phi) is 5.32. The summed E-state index contributed by atoms with van der Waals surface area (Å²) in [7, 11) is 0. The topological polar surface area (TPSA) is 69.6 Å². The SMILES string of the molecule is CC(CCCO)NC(=O)C(=O)N1CC(C)(C)c2c(Cl)cccc21. The van der Waals surface area contributed by atoms with Crippen LogP contribution in [0.2, 0.25) is 5.02 Å². The van der Waals surface area contributed by atoms with Gasteiger partial charge >= 0.3 is 11.8 Å². The summed E-state index contributed by atoms with van der Waals surface area (Å²) in [5.74, 6) is -1.20. The lowest BCUT2D eigenvalue weighted by atomic mass is 9.87. The van der Waals surface area contributed by atoms with E-state index in [9.17, 15) is 9.59 Å². The highest BCUT2D eigenvalue weighted by Crippen LogP contribution is 2.44. The number of hydrogen-bond donors (Lipinski definition) is 2. The maximum absolute atomic E-state index is 12.5. The zero-order valence-electron chi connectivity index (χ0n) is 13.7. The molecule has 1 aliphatic heterocycles. The maximum Gasteiger partial charge on any atom is 0.316 e. The van der Waals surface area contributed by atoms with Crippen molar-refractivity contribution in [1.82, 2.24) is 5.32 Å². The van der Waals surface area contributed by atoms with Gasteiger partial charge in [-0.2, -0.15) is 0 Å². The van der Waals surface area contributed by atoms with Gasteiger partial charge in [0, 0.05) is 40.9 Å². The number of rotatable bonds is 4.